The number of nitrogens with zero attached hydrogens (tertiary/aromatic N) is 1. The lowest BCUT2D eigenvalue weighted by Gasteiger charge is -2.06. The molecule has 0 spiro atoms. The minimum absolute atomic E-state index is 0.162. The molecule has 15 heavy (non-hydrogen) atoms. The van der Waals surface area contributed by atoms with Crippen molar-refractivity contribution in [3.05, 3.63) is 9.98 Å². The topological polar surface area (TPSA) is 63.2 Å². The molecule has 0 saturated carbocycles. The summed E-state index contributed by atoms with van der Waals surface area (Å²) in [6.07, 6.45) is 1.06. The number of hydrogen-bond donors (Lipinski definition) is 2. The van der Waals surface area contributed by atoms with Crippen molar-refractivity contribution in [3.8, 4) is 0 Å². The van der Waals surface area contributed by atoms with Gasteiger partial charge in [-0.1, -0.05) is 11.3 Å². The van der Waals surface area contributed by atoms with Gasteiger partial charge in [0.05, 0.1) is 16.6 Å². The summed E-state index contributed by atoms with van der Waals surface area (Å²) in [5.41, 5.74) is 0. The van der Waals surface area contributed by atoms with Crippen LogP contribution < -0.4 is 10.6 Å². The van der Waals surface area contributed by atoms with Crippen LogP contribution in [0.5, 0.6) is 0 Å². The number of ether oxygens (including phenoxy) is 1. The molecule has 0 saturated heterocycles. The van der Waals surface area contributed by atoms with Crippen LogP contribution in [0.3, 0.4) is 0 Å². The van der Waals surface area contributed by atoms with Crippen LogP contribution in [0.4, 0.5) is 9.93 Å². The van der Waals surface area contributed by atoms with Crippen LogP contribution in [0.15, 0.2) is 9.98 Å². The van der Waals surface area contributed by atoms with E-state index in [1.807, 2.05) is 0 Å². The largest absolute Gasteiger partial charge is 0.450 e. The molecule has 0 radical (unpaired) electrons. The molecule has 1 aromatic rings. The maximum atomic E-state index is 11.0. The molecule has 0 aliphatic carbocycles. The molecule has 0 aliphatic heterocycles. The van der Waals surface area contributed by atoms with Gasteiger partial charge in [-0.2, -0.15) is 0 Å². The van der Waals surface area contributed by atoms with Crippen molar-refractivity contribution in [1.82, 2.24) is 10.3 Å². The number of halogens is 1. The van der Waals surface area contributed by atoms with E-state index in [9.17, 15) is 4.79 Å². The van der Waals surface area contributed by atoms with E-state index < -0.39 is 6.09 Å². The number of thiazole rings is 1. The van der Waals surface area contributed by atoms with Gasteiger partial charge < -0.3 is 10.1 Å². The molecule has 2 N–H and O–H groups in total. The highest BCUT2D eigenvalue weighted by atomic mass is 79.9. The van der Waals surface area contributed by atoms with Gasteiger partial charge in [0.2, 0.25) is 0 Å². The van der Waals surface area contributed by atoms with E-state index in [4.69, 9.17) is 12.2 Å². The summed E-state index contributed by atoms with van der Waals surface area (Å²) in [5.74, 6) is 0. The van der Waals surface area contributed by atoms with Crippen molar-refractivity contribution < 1.29 is 9.53 Å². The van der Waals surface area contributed by atoms with E-state index in [1.165, 1.54) is 11.3 Å². The summed E-state index contributed by atoms with van der Waals surface area (Å²) in [4.78, 5) is 15.0. The second kappa shape index (κ2) is 5.99. The van der Waals surface area contributed by atoms with Crippen LogP contribution in [-0.2, 0) is 4.74 Å². The lowest BCUT2D eigenvalue weighted by Crippen LogP contribution is -2.34. The molecular weight excluding hydrogens is 302 g/mol. The second-order valence-corrected chi connectivity index (χ2v) is 5.09. The molecule has 0 bridgehead atoms. The van der Waals surface area contributed by atoms with Gasteiger partial charge in [-0.05, 0) is 35.1 Å². The van der Waals surface area contributed by atoms with Gasteiger partial charge in [0.1, 0.15) is 0 Å². The first kappa shape index (κ1) is 12.3. The number of rotatable bonds is 2. The fourth-order valence-electron chi connectivity index (χ4n) is 0.700. The van der Waals surface area contributed by atoms with Crippen LogP contribution >= 0.6 is 39.5 Å². The van der Waals surface area contributed by atoms with Crippen LogP contribution in [-0.4, -0.2) is 22.8 Å². The summed E-state index contributed by atoms with van der Waals surface area (Å²) in [6, 6.07) is 0. The van der Waals surface area contributed by atoms with Crippen LogP contribution in [0.25, 0.3) is 0 Å². The molecule has 1 heterocycles. The van der Waals surface area contributed by atoms with Gasteiger partial charge in [0.15, 0.2) is 10.2 Å². The molecular formula is C7H8BrN3O2S2. The first-order valence-corrected chi connectivity index (χ1v) is 5.99. The first-order valence-electron chi connectivity index (χ1n) is 3.98. The Morgan fingerprint density at radius 2 is 2.53 bits per heavy atom. The van der Waals surface area contributed by atoms with E-state index >= 15 is 0 Å². The minimum Gasteiger partial charge on any atom is -0.450 e. The zero-order chi connectivity index (χ0) is 11.3. The van der Waals surface area contributed by atoms with Gasteiger partial charge in [-0.25, -0.2) is 9.78 Å². The Labute approximate surface area is 104 Å². The molecule has 1 aromatic heterocycles. The van der Waals surface area contributed by atoms with E-state index in [0.29, 0.717) is 11.7 Å². The number of alkyl carbamates (subject to hydrolysis) is 1. The van der Waals surface area contributed by atoms with Crippen molar-refractivity contribution in [1.29, 1.82) is 0 Å². The van der Waals surface area contributed by atoms with Crippen molar-refractivity contribution in [2.45, 2.75) is 6.92 Å². The number of thiocarbonyl (C=S) groups is 1. The first-order chi connectivity index (χ1) is 7.11. The predicted octanol–water partition coefficient (Wildman–Crippen LogP) is 2.35. The van der Waals surface area contributed by atoms with Crippen molar-refractivity contribution >= 4 is 55.8 Å². The number of anilines is 1. The molecule has 1 rings (SSSR count). The average molecular weight is 310 g/mol. The van der Waals surface area contributed by atoms with E-state index in [-0.39, 0.29) is 5.11 Å². The highest BCUT2D eigenvalue weighted by Crippen LogP contribution is 2.22. The van der Waals surface area contributed by atoms with E-state index in [1.54, 1.807) is 13.1 Å². The summed E-state index contributed by atoms with van der Waals surface area (Å²) in [5, 5.41) is 5.86. The third kappa shape index (κ3) is 4.54. The van der Waals surface area contributed by atoms with Gasteiger partial charge in [0, 0.05) is 0 Å². The highest BCUT2D eigenvalue weighted by Gasteiger charge is 2.06. The van der Waals surface area contributed by atoms with Crippen LogP contribution in [0, 0.1) is 0 Å². The molecule has 1 amide bonds. The van der Waals surface area contributed by atoms with Crippen LogP contribution in [0.1, 0.15) is 6.92 Å². The highest BCUT2D eigenvalue weighted by molar-refractivity contribution is 9.11. The smallest absolute Gasteiger partial charge is 0.413 e. The lowest BCUT2D eigenvalue weighted by atomic mass is 10.8. The predicted molar refractivity (Wildman–Crippen MR) is 66.2 cm³/mol. The fourth-order valence-corrected chi connectivity index (χ4v) is 2.06. The zero-order valence-electron chi connectivity index (χ0n) is 7.74. The standard InChI is InChI=1S/C7H8BrN3O2S2/c1-2-13-7(12)11-5(14)10-6-9-3-4(8)15-6/h3H,2H2,1H3,(H2,9,10,11,12,14). The maximum Gasteiger partial charge on any atom is 0.413 e. The Balaban J connectivity index is 2.39. The Morgan fingerprint density at radius 1 is 1.80 bits per heavy atom. The fraction of sp³-hybridized carbons (Fsp3) is 0.286. The quantitative estimate of drug-likeness (QED) is 0.821. The molecule has 0 atom stereocenters. The Hall–Kier alpha value is -0.730. The lowest BCUT2D eigenvalue weighted by molar-refractivity contribution is 0.158. The average Bonchev–Trinajstić information content (AvgIpc) is 2.51. The molecule has 82 valence electrons. The molecule has 8 heteroatoms. The van der Waals surface area contributed by atoms with Crippen molar-refractivity contribution in [3.63, 3.8) is 0 Å². The summed E-state index contributed by atoms with van der Waals surface area (Å²) < 4.78 is 5.53. The molecule has 0 unspecified atom stereocenters. The second-order valence-electron chi connectivity index (χ2n) is 2.27. The summed E-state index contributed by atoms with van der Waals surface area (Å²) in [6.45, 7) is 2.02. The summed E-state index contributed by atoms with van der Waals surface area (Å²) in [7, 11) is 0. The number of nitrogens with one attached hydrogen (secondary N) is 2. The molecule has 0 aromatic carbocycles. The van der Waals surface area contributed by atoms with E-state index in [0.717, 1.165) is 3.79 Å². The Kier molecular flexibility index (Phi) is 4.92. The van der Waals surface area contributed by atoms with Crippen molar-refractivity contribution in [2.24, 2.45) is 0 Å². The number of carbonyl (C=O) groups excluding carboxylic acids is 1. The maximum absolute atomic E-state index is 11.0. The van der Waals surface area contributed by atoms with Gasteiger partial charge >= 0.3 is 6.09 Å². The third-order valence-corrected chi connectivity index (χ3v) is 2.78. The Morgan fingerprint density at radius 3 is 3.07 bits per heavy atom. The third-order valence-electron chi connectivity index (χ3n) is 1.19. The number of amides is 1. The zero-order valence-corrected chi connectivity index (χ0v) is 11.0. The van der Waals surface area contributed by atoms with Crippen molar-refractivity contribution in [2.75, 3.05) is 11.9 Å². The molecule has 5 nitrogen and oxygen atoms in total. The summed E-state index contributed by atoms with van der Waals surface area (Å²) >= 11 is 9.49. The van der Waals surface area contributed by atoms with Crippen LogP contribution in [0.2, 0.25) is 0 Å². The number of aromatic nitrogens is 1. The number of carbonyl (C=O) groups is 1. The Bertz CT molecular complexity index is 369. The van der Waals surface area contributed by atoms with Gasteiger partial charge in [-0.3, -0.25) is 5.32 Å². The molecule has 0 aliphatic rings. The SMILES string of the molecule is CCOC(=O)NC(=S)Nc1ncc(Br)s1. The molecule has 0 fully saturated rings. The van der Waals surface area contributed by atoms with Gasteiger partial charge in [-0.15, -0.1) is 0 Å². The van der Waals surface area contributed by atoms with Gasteiger partial charge in [0.25, 0.3) is 0 Å². The normalized spacial score (nSPS) is 9.47. The number of hydrogen-bond acceptors (Lipinski definition) is 5. The van der Waals surface area contributed by atoms with E-state index in [2.05, 4.69) is 36.3 Å². The minimum atomic E-state index is -0.578. The monoisotopic (exact) mass is 309 g/mol.